The third-order valence-electron chi connectivity index (χ3n) is 1.79. The molecule has 0 aliphatic carbocycles. The van der Waals surface area contributed by atoms with Crippen LogP contribution in [-0.4, -0.2) is 12.5 Å². The van der Waals surface area contributed by atoms with Crippen LogP contribution in [0.5, 0.6) is 5.75 Å². The molecule has 0 bridgehead atoms. The number of benzene rings is 1. The maximum atomic E-state index is 8.57. The van der Waals surface area contributed by atoms with E-state index >= 15 is 0 Å². The molecule has 0 spiro atoms. The van der Waals surface area contributed by atoms with Crippen LogP contribution in [0.4, 0.5) is 0 Å². The summed E-state index contributed by atoms with van der Waals surface area (Å²) >= 11 is 11.5. The Bertz CT molecular complexity index is 360. The van der Waals surface area contributed by atoms with Crippen LogP contribution in [0.3, 0.4) is 0 Å². The largest absolute Gasteiger partial charge is 0.496 e. The highest BCUT2D eigenvalue weighted by molar-refractivity contribution is 6.30. The topological polar surface area (TPSA) is 33.0 Å². The Hall–Kier alpha value is -0.910. The lowest BCUT2D eigenvalue weighted by Gasteiger charge is -2.08. The van der Waals surface area contributed by atoms with Crippen molar-refractivity contribution in [2.75, 3.05) is 7.11 Å². The molecule has 14 heavy (non-hydrogen) atoms. The Kier molecular flexibility index (Phi) is 4.06. The number of ether oxygens (including phenoxy) is 1. The number of hydrogen-bond acceptors (Lipinski definition) is 2. The number of alkyl halides is 1. The van der Waals surface area contributed by atoms with Crippen molar-refractivity contribution in [3.05, 3.63) is 28.8 Å². The van der Waals surface area contributed by atoms with Crippen LogP contribution >= 0.6 is 23.2 Å². The van der Waals surface area contributed by atoms with E-state index in [0.29, 0.717) is 17.2 Å². The molecule has 0 saturated heterocycles. The van der Waals surface area contributed by atoms with E-state index in [4.69, 9.17) is 33.2 Å². The summed E-state index contributed by atoms with van der Waals surface area (Å²) in [6, 6.07) is 7.23. The van der Waals surface area contributed by atoms with Crippen molar-refractivity contribution in [1.82, 2.24) is 0 Å². The molecule has 1 unspecified atom stereocenters. The van der Waals surface area contributed by atoms with Gasteiger partial charge >= 0.3 is 0 Å². The van der Waals surface area contributed by atoms with Crippen molar-refractivity contribution in [3.8, 4) is 11.8 Å². The number of nitriles is 1. The van der Waals surface area contributed by atoms with E-state index in [0.717, 1.165) is 5.56 Å². The number of hydrogen-bond donors (Lipinski definition) is 0. The summed E-state index contributed by atoms with van der Waals surface area (Å²) in [7, 11) is 1.56. The van der Waals surface area contributed by atoms with Gasteiger partial charge < -0.3 is 4.74 Å². The molecule has 1 aromatic carbocycles. The van der Waals surface area contributed by atoms with Gasteiger partial charge in [-0.1, -0.05) is 17.7 Å². The summed E-state index contributed by atoms with van der Waals surface area (Å²) in [5.74, 6) is 0.665. The van der Waals surface area contributed by atoms with Gasteiger partial charge in [-0.05, 0) is 17.7 Å². The van der Waals surface area contributed by atoms with E-state index in [2.05, 4.69) is 0 Å². The molecule has 0 fully saturated rings. The van der Waals surface area contributed by atoms with Crippen LogP contribution in [0.25, 0.3) is 0 Å². The van der Waals surface area contributed by atoms with Gasteiger partial charge in [0.05, 0.1) is 13.2 Å². The van der Waals surface area contributed by atoms with Crippen LogP contribution < -0.4 is 4.74 Å². The summed E-state index contributed by atoms with van der Waals surface area (Å²) in [6.07, 6.45) is 0.457. The minimum absolute atomic E-state index is 0.457. The van der Waals surface area contributed by atoms with Gasteiger partial charge in [-0.25, -0.2) is 0 Å². The van der Waals surface area contributed by atoms with Crippen LogP contribution in [0.15, 0.2) is 18.2 Å². The molecule has 1 aromatic rings. The molecule has 1 atom stereocenters. The van der Waals surface area contributed by atoms with Crippen LogP contribution in [0, 0.1) is 11.3 Å². The standard InChI is InChI=1S/C10H9Cl2NO/c1-14-10-5-8(11)3-2-7(10)4-9(12)6-13/h2-3,5,9H,4H2,1H3. The lowest BCUT2D eigenvalue weighted by molar-refractivity contribution is 0.410. The SMILES string of the molecule is COc1cc(Cl)ccc1CC(Cl)C#N. The summed E-state index contributed by atoms with van der Waals surface area (Å²) < 4.78 is 5.12. The molecule has 0 aliphatic heterocycles. The van der Waals surface area contributed by atoms with Crippen LogP contribution in [-0.2, 0) is 6.42 Å². The van der Waals surface area contributed by atoms with E-state index in [1.165, 1.54) is 0 Å². The molecule has 0 radical (unpaired) electrons. The van der Waals surface area contributed by atoms with Crippen molar-refractivity contribution >= 4 is 23.2 Å². The number of methoxy groups -OCH3 is 1. The summed E-state index contributed by atoms with van der Waals surface area (Å²) in [4.78, 5) is 0. The zero-order valence-corrected chi connectivity index (χ0v) is 9.14. The zero-order chi connectivity index (χ0) is 10.6. The maximum absolute atomic E-state index is 8.57. The lowest BCUT2D eigenvalue weighted by Crippen LogP contribution is -2.01. The monoisotopic (exact) mass is 229 g/mol. The molecule has 0 heterocycles. The Labute approximate surface area is 93.0 Å². The first-order valence-electron chi connectivity index (χ1n) is 4.03. The van der Waals surface area contributed by atoms with Crippen molar-refractivity contribution in [3.63, 3.8) is 0 Å². The van der Waals surface area contributed by atoms with Gasteiger partial charge in [0.25, 0.3) is 0 Å². The number of rotatable bonds is 3. The predicted molar refractivity (Wildman–Crippen MR) is 57.0 cm³/mol. The third-order valence-corrected chi connectivity index (χ3v) is 2.28. The van der Waals surface area contributed by atoms with Gasteiger partial charge in [0.2, 0.25) is 0 Å². The van der Waals surface area contributed by atoms with E-state index in [1.54, 1.807) is 19.2 Å². The van der Waals surface area contributed by atoms with Crippen molar-refractivity contribution in [2.24, 2.45) is 0 Å². The molecule has 0 aromatic heterocycles. The molecule has 0 saturated carbocycles. The van der Waals surface area contributed by atoms with E-state index < -0.39 is 5.38 Å². The fraction of sp³-hybridized carbons (Fsp3) is 0.300. The molecule has 2 nitrogen and oxygen atoms in total. The quantitative estimate of drug-likeness (QED) is 0.747. The van der Waals surface area contributed by atoms with Gasteiger partial charge in [0.1, 0.15) is 11.1 Å². The van der Waals surface area contributed by atoms with Crippen LogP contribution in [0.1, 0.15) is 5.56 Å². The van der Waals surface area contributed by atoms with E-state index in [-0.39, 0.29) is 0 Å². The predicted octanol–water partition coefficient (Wildman–Crippen LogP) is 3.02. The Morgan fingerprint density at radius 1 is 1.57 bits per heavy atom. The average Bonchev–Trinajstić information content (AvgIpc) is 2.20. The van der Waals surface area contributed by atoms with Crippen LogP contribution in [0.2, 0.25) is 5.02 Å². The average molecular weight is 230 g/mol. The molecular weight excluding hydrogens is 221 g/mol. The third kappa shape index (κ3) is 2.80. The van der Waals surface area contributed by atoms with Crippen molar-refractivity contribution < 1.29 is 4.74 Å². The molecule has 0 amide bonds. The maximum Gasteiger partial charge on any atom is 0.124 e. The van der Waals surface area contributed by atoms with Gasteiger partial charge in [-0.15, -0.1) is 11.6 Å². The van der Waals surface area contributed by atoms with Crippen molar-refractivity contribution in [1.29, 1.82) is 5.26 Å². The zero-order valence-electron chi connectivity index (χ0n) is 7.63. The van der Waals surface area contributed by atoms with E-state index in [1.807, 2.05) is 12.1 Å². The molecule has 1 rings (SSSR count). The Morgan fingerprint density at radius 3 is 2.86 bits per heavy atom. The second-order valence-corrected chi connectivity index (χ2v) is 3.72. The second-order valence-electron chi connectivity index (χ2n) is 2.76. The number of halogens is 2. The van der Waals surface area contributed by atoms with Gasteiger partial charge in [0, 0.05) is 11.4 Å². The smallest absolute Gasteiger partial charge is 0.124 e. The Balaban J connectivity index is 2.92. The highest BCUT2D eigenvalue weighted by Gasteiger charge is 2.09. The number of nitrogens with zero attached hydrogens (tertiary/aromatic N) is 1. The second kappa shape index (κ2) is 5.09. The van der Waals surface area contributed by atoms with Gasteiger partial charge in [-0.3, -0.25) is 0 Å². The van der Waals surface area contributed by atoms with Crippen molar-refractivity contribution in [2.45, 2.75) is 11.8 Å². The summed E-state index contributed by atoms with van der Waals surface area (Å²) in [6.45, 7) is 0. The molecule has 0 N–H and O–H groups in total. The molecule has 0 aliphatic rings. The van der Waals surface area contributed by atoms with Gasteiger partial charge in [-0.2, -0.15) is 5.26 Å². The van der Waals surface area contributed by atoms with Gasteiger partial charge in [0.15, 0.2) is 0 Å². The summed E-state index contributed by atoms with van der Waals surface area (Å²) in [5.41, 5.74) is 0.887. The highest BCUT2D eigenvalue weighted by Crippen LogP contribution is 2.24. The summed E-state index contributed by atoms with van der Waals surface area (Å²) in [5, 5.41) is 8.63. The lowest BCUT2D eigenvalue weighted by atomic mass is 10.1. The fourth-order valence-corrected chi connectivity index (χ4v) is 1.45. The minimum Gasteiger partial charge on any atom is -0.496 e. The molecule has 4 heteroatoms. The Morgan fingerprint density at radius 2 is 2.29 bits per heavy atom. The first kappa shape index (κ1) is 11.2. The highest BCUT2D eigenvalue weighted by atomic mass is 35.5. The first-order chi connectivity index (χ1) is 6.67. The molecule has 74 valence electrons. The minimum atomic E-state index is -0.537. The molecular formula is C10H9Cl2NO. The normalized spacial score (nSPS) is 11.9. The van der Waals surface area contributed by atoms with E-state index in [9.17, 15) is 0 Å². The first-order valence-corrected chi connectivity index (χ1v) is 4.85. The fourth-order valence-electron chi connectivity index (χ4n) is 1.13.